The Bertz CT molecular complexity index is 522. The first-order valence-electron chi connectivity index (χ1n) is 8.12. The number of hydrogen-bond acceptors (Lipinski definition) is 4. The third-order valence-electron chi connectivity index (χ3n) is 5.59. The Balaban J connectivity index is 1.44. The zero-order chi connectivity index (χ0) is 14.2. The lowest BCUT2D eigenvalue weighted by molar-refractivity contribution is 0.181. The first-order valence-corrected chi connectivity index (χ1v) is 8.12. The molecule has 3 aliphatic rings. The van der Waals surface area contributed by atoms with Crippen LogP contribution < -0.4 is 4.90 Å². The van der Waals surface area contributed by atoms with Gasteiger partial charge in [-0.3, -0.25) is 4.90 Å². The van der Waals surface area contributed by atoms with Gasteiger partial charge in [0.15, 0.2) is 0 Å². The molecule has 0 aromatic heterocycles. The van der Waals surface area contributed by atoms with Gasteiger partial charge in [0.05, 0.1) is 11.8 Å². The van der Waals surface area contributed by atoms with Crippen molar-refractivity contribution in [3.8, 4) is 0 Å². The zero-order valence-electron chi connectivity index (χ0n) is 12.4. The van der Waals surface area contributed by atoms with Crippen LogP contribution in [0.4, 0.5) is 5.69 Å². The smallest absolute Gasteiger partial charge is 0.0775 e. The molecule has 4 rings (SSSR count). The Kier molecular flexibility index (Phi) is 3.34. The first kappa shape index (κ1) is 13.1. The average molecular weight is 285 g/mol. The lowest BCUT2D eigenvalue weighted by Gasteiger charge is -2.41. The summed E-state index contributed by atoms with van der Waals surface area (Å²) in [6.07, 6.45) is 3.78. The maximum atomic E-state index is 9.37. The lowest BCUT2D eigenvalue weighted by atomic mass is 9.91. The number of oxime groups is 1. The third kappa shape index (κ3) is 2.22. The van der Waals surface area contributed by atoms with Crippen LogP contribution in [0.1, 0.15) is 19.3 Å². The van der Waals surface area contributed by atoms with Crippen LogP contribution in [-0.2, 0) is 0 Å². The molecule has 3 atom stereocenters. The average Bonchev–Trinajstić information content (AvgIpc) is 3.16. The molecular weight excluding hydrogens is 262 g/mol. The molecule has 1 aliphatic heterocycles. The molecule has 2 aliphatic carbocycles. The van der Waals surface area contributed by atoms with E-state index >= 15 is 0 Å². The molecule has 0 amide bonds. The number of anilines is 1. The van der Waals surface area contributed by atoms with Crippen molar-refractivity contribution in [1.29, 1.82) is 0 Å². The first-order chi connectivity index (χ1) is 10.4. The standard InChI is InChI=1S/C17H23N3O/c21-18-16-13-6-7-14(12-13)17(16)20-10-8-19(9-11-20)15-4-2-1-3-5-15/h1-5,13-14,17,21H,6-12H2. The fraction of sp³-hybridized carbons (Fsp3) is 0.588. The summed E-state index contributed by atoms with van der Waals surface area (Å²) in [4.78, 5) is 5.01. The summed E-state index contributed by atoms with van der Waals surface area (Å²) < 4.78 is 0. The molecule has 1 heterocycles. The van der Waals surface area contributed by atoms with Crippen molar-refractivity contribution in [2.75, 3.05) is 31.1 Å². The highest BCUT2D eigenvalue weighted by Gasteiger charge is 2.48. The monoisotopic (exact) mass is 285 g/mol. The Morgan fingerprint density at radius 3 is 2.48 bits per heavy atom. The van der Waals surface area contributed by atoms with Gasteiger partial charge in [0.1, 0.15) is 0 Å². The number of fused-ring (bicyclic) bond motifs is 2. The fourth-order valence-corrected chi connectivity index (χ4v) is 4.58. The molecule has 1 N–H and O–H groups in total. The van der Waals surface area contributed by atoms with Gasteiger partial charge in [-0.05, 0) is 37.3 Å². The molecule has 2 bridgehead atoms. The summed E-state index contributed by atoms with van der Waals surface area (Å²) in [5, 5.41) is 13.0. The summed E-state index contributed by atoms with van der Waals surface area (Å²) in [5.74, 6) is 1.28. The molecule has 0 radical (unpaired) electrons. The van der Waals surface area contributed by atoms with E-state index in [0.29, 0.717) is 12.0 Å². The number of hydrogen-bond donors (Lipinski definition) is 1. The van der Waals surface area contributed by atoms with Gasteiger partial charge >= 0.3 is 0 Å². The van der Waals surface area contributed by atoms with Crippen LogP contribution >= 0.6 is 0 Å². The van der Waals surface area contributed by atoms with Crippen molar-refractivity contribution in [2.45, 2.75) is 25.3 Å². The predicted molar refractivity (Wildman–Crippen MR) is 84.1 cm³/mol. The Morgan fingerprint density at radius 2 is 1.76 bits per heavy atom. The van der Waals surface area contributed by atoms with Crippen molar-refractivity contribution in [3.05, 3.63) is 30.3 Å². The molecule has 0 spiro atoms. The fourth-order valence-electron chi connectivity index (χ4n) is 4.58. The van der Waals surface area contributed by atoms with Crippen molar-refractivity contribution >= 4 is 11.4 Å². The molecule has 2 saturated carbocycles. The van der Waals surface area contributed by atoms with E-state index in [1.165, 1.54) is 24.9 Å². The summed E-state index contributed by atoms with van der Waals surface area (Å²) >= 11 is 0. The molecule has 1 aromatic carbocycles. The maximum absolute atomic E-state index is 9.37. The van der Waals surface area contributed by atoms with E-state index in [0.717, 1.165) is 37.8 Å². The van der Waals surface area contributed by atoms with E-state index < -0.39 is 0 Å². The number of benzene rings is 1. The van der Waals surface area contributed by atoms with Crippen LogP contribution in [0.25, 0.3) is 0 Å². The number of rotatable bonds is 2. The topological polar surface area (TPSA) is 39.1 Å². The molecule has 3 unspecified atom stereocenters. The van der Waals surface area contributed by atoms with E-state index in [1.54, 1.807) is 0 Å². The molecule has 112 valence electrons. The summed E-state index contributed by atoms with van der Waals surface area (Å²) in [5.41, 5.74) is 2.39. The molecule has 1 aromatic rings. The van der Waals surface area contributed by atoms with E-state index in [-0.39, 0.29) is 0 Å². The zero-order valence-corrected chi connectivity index (χ0v) is 12.4. The van der Waals surface area contributed by atoms with Crippen molar-refractivity contribution in [1.82, 2.24) is 4.90 Å². The van der Waals surface area contributed by atoms with Gasteiger partial charge in [-0.1, -0.05) is 23.4 Å². The van der Waals surface area contributed by atoms with E-state index in [2.05, 4.69) is 45.3 Å². The van der Waals surface area contributed by atoms with E-state index in [1.807, 2.05) is 0 Å². The van der Waals surface area contributed by atoms with Gasteiger partial charge in [0.2, 0.25) is 0 Å². The van der Waals surface area contributed by atoms with Crippen LogP contribution in [0.3, 0.4) is 0 Å². The quantitative estimate of drug-likeness (QED) is 0.670. The van der Waals surface area contributed by atoms with Crippen LogP contribution in [-0.4, -0.2) is 48.0 Å². The minimum atomic E-state index is 0.409. The third-order valence-corrected chi connectivity index (χ3v) is 5.59. The minimum absolute atomic E-state index is 0.409. The van der Waals surface area contributed by atoms with Crippen molar-refractivity contribution in [2.24, 2.45) is 17.0 Å². The summed E-state index contributed by atoms with van der Waals surface area (Å²) in [6, 6.07) is 11.1. The molecule has 4 heteroatoms. The Morgan fingerprint density at radius 1 is 1.00 bits per heavy atom. The maximum Gasteiger partial charge on any atom is 0.0775 e. The molecule has 4 nitrogen and oxygen atoms in total. The lowest BCUT2D eigenvalue weighted by Crippen LogP contribution is -2.54. The van der Waals surface area contributed by atoms with Crippen LogP contribution in [0.5, 0.6) is 0 Å². The van der Waals surface area contributed by atoms with Gasteiger partial charge in [0.25, 0.3) is 0 Å². The number of piperazine rings is 1. The summed E-state index contributed by atoms with van der Waals surface area (Å²) in [6.45, 7) is 4.27. The highest BCUT2D eigenvalue weighted by Crippen LogP contribution is 2.45. The second kappa shape index (κ2) is 5.34. The van der Waals surface area contributed by atoms with Crippen molar-refractivity contribution < 1.29 is 5.21 Å². The second-order valence-electron chi connectivity index (χ2n) is 6.60. The molecular formula is C17H23N3O. The van der Waals surface area contributed by atoms with Crippen molar-refractivity contribution in [3.63, 3.8) is 0 Å². The van der Waals surface area contributed by atoms with Gasteiger partial charge in [0, 0.05) is 37.8 Å². The predicted octanol–water partition coefficient (Wildman–Crippen LogP) is 2.44. The van der Waals surface area contributed by atoms with Crippen LogP contribution in [0, 0.1) is 11.8 Å². The van der Waals surface area contributed by atoms with Gasteiger partial charge in [-0.2, -0.15) is 0 Å². The minimum Gasteiger partial charge on any atom is -0.411 e. The molecule has 3 fully saturated rings. The van der Waals surface area contributed by atoms with Crippen LogP contribution in [0.2, 0.25) is 0 Å². The van der Waals surface area contributed by atoms with Crippen LogP contribution in [0.15, 0.2) is 35.5 Å². The summed E-state index contributed by atoms with van der Waals surface area (Å²) in [7, 11) is 0. The Hall–Kier alpha value is -1.55. The molecule has 1 saturated heterocycles. The molecule has 21 heavy (non-hydrogen) atoms. The van der Waals surface area contributed by atoms with Gasteiger partial charge < -0.3 is 10.1 Å². The second-order valence-corrected chi connectivity index (χ2v) is 6.60. The van der Waals surface area contributed by atoms with E-state index in [4.69, 9.17) is 0 Å². The van der Waals surface area contributed by atoms with E-state index in [9.17, 15) is 5.21 Å². The number of nitrogens with zero attached hydrogens (tertiary/aromatic N) is 3. The SMILES string of the molecule is ON=C1C2CCC(C2)C1N1CCN(c2ccccc2)CC1. The highest BCUT2D eigenvalue weighted by atomic mass is 16.4. The Labute approximate surface area is 126 Å². The highest BCUT2D eigenvalue weighted by molar-refractivity contribution is 5.94. The van der Waals surface area contributed by atoms with Gasteiger partial charge in [-0.25, -0.2) is 0 Å². The number of para-hydroxylation sites is 1. The normalized spacial score (nSPS) is 34.8. The van der Waals surface area contributed by atoms with Gasteiger partial charge in [-0.15, -0.1) is 0 Å². The largest absolute Gasteiger partial charge is 0.411 e.